The Kier molecular flexibility index (Phi) is 6.46. The van der Waals surface area contributed by atoms with Gasteiger partial charge in [-0.1, -0.05) is 0 Å². The number of hydrogen-bond acceptors (Lipinski definition) is 2. The van der Waals surface area contributed by atoms with Gasteiger partial charge in [0.1, 0.15) is 11.6 Å². The lowest BCUT2D eigenvalue weighted by Crippen LogP contribution is -2.17. The van der Waals surface area contributed by atoms with Crippen molar-refractivity contribution in [2.45, 2.75) is 33.2 Å². The molecule has 0 aliphatic carbocycles. The summed E-state index contributed by atoms with van der Waals surface area (Å²) in [7, 11) is 0. The Morgan fingerprint density at radius 2 is 1.62 bits per heavy atom. The lowest BCUT2D eigenvalue weighted by Gasteiger charge is -2.17. The molecule has 0 aromatic heterocycles. The van der Waals surface area contributed by atoms with Gasteiger partial charge in [-0.15, -0.1) is 12.4 Å². The summed E-state index contributed by atoms with van der Waals surface area (Å²) in [6, 6.07) is 5.12. The van der Waals surface area contributed by atoms with Crippen LogP contribution in [0.15, 0.2) is 24.3 Å². The predicted octanol–water partition coefficient (Wildman–Crippen LogP) is 4.45. The third kappa shape index (κ3) is 4.10. The normalized spacial score (nSPS) is 11.8. The van der Waals surface area contributed by atoms with E-state index in [1.165, 1.54) is 12.1 Å². The van der Waals surface area contributed by atoms with Crippen molar-refractivity contribution in [2.24, 2.45) is 5.73 Å². The Hall–Kier alpha value is -1.98. The number of nitrogens with two attached hydrogens (primary N) is 1. The highest BCUT2D eigenvalue weighted by Crippen LogP contribution is 2.33. The SMILES string of the molecule is Cc1cc(-c2c(C)cc(F)cc2C)cc(C(N)CC(=O)O)c1F.Cl. The minimum Gasteiger partial charge on any atom is -0.481 e. The van der Waals surface area contributed by atoms with E-state index in [2.05, 4.69) is 0 Å². The summed E-state index contributed by atoms with van der Waals surface area (Å²) >= 11 is 0. The number of hydrogen-bond donors (Lipinski definition) is 2. The quantitative estimate of drug-likeness (QED) is 0.851. The smallest absolute Gasteiger partial charge is 0.305 e. The second-order valence-electron chi connectivity index (χ2n) is 5.82. The maximum absolute atomic E-state index is 14.3. The molecule has 6 heteroatoms. The molecule has 0 saturated carbocycles. The van der Waals surface area contributed by atoms with Crippen molar-refractivity contribution in [1.29, 1.82) is 0 Å². The van der Waals surface area contributed by atoms with Crippen molar-refractivity contribution < 1.29 is 18.7 Å². The minimum absolute atomic E-state index is 0. The van der Waals surface area contributed by atoms with Crippen LogP contribution in [0.25, 0.3) is 11.1 Å². The van der Waals surface area contributed by atoms with Gasteiger partial charge in [0.15, 0.2) is 0 Å². The first-order valence-electron chi connectivity index (χ1n) is 7.25. The van der Waals surface area contributed by atoms with Crippen LogP contribution >= 0.6 is 12.4 Å². The van der Waals surface area contributed by atoms with Crippen molar-refractivity contribution in [3.8, 4) is 11.1 Å². The molecule has 2 aromatic carbocycles. The van der Waals surface area contributed by atoms with Crippen molar-refractivity contribution in [3.05, 3.63) is 58.2 Å². The molecule has 0 aliphatic rings. The zero-order chi connectivity index (χ0) is 17.3. The molecule has 2 rings (SSSR count). The molecule has 24 heavy (non-hydrogen) atoms. The summed E-state index contributed by atoms with van der Waals surface area (Å²) in [5, 5.41) is 8.87. The van der Waals surface area contributed by atoms with Crippen LogP contribution in [0.3, 0.4) is 0 Å². The number of carboxylic acid groups (broad SMARTS) is 1. The maximum Gasteiger partial charge on any atom is 0.305 e. The number of benzene rings is 2. The van der Waals surface area contributed by atoms with Crippen LogP contribution in [-0.2, 0) is 4.79 Å². The van der Waals surface area contributed by atoms with E-state index in [0.717, 1.165) is 16.7 Å². The fourth-order valence-corrected chi connectivity index (χ4v) is 2.88. The molecule has 1 atom stereocenters. The largest absolute Gasteiger partial charge is 0.481 e. The molecule has 0 fully saturated rings. The molecule has 1 unspecified atom stereocenters. The monoisotopic (exact) mass is 355 g/mol. The van der Waals surface area contributed by atoms with Crippen LogP contribution in [0.5, 0.6) is 0 Å². The molecule has 0 saturated heterocycles. The Balaban J connectivity index is 0.00000288. The number of carbonyl (C=O) groups is 1. The number of aryl methyl sites for hydroxylation is 3. The molecule has 0 heterocycles. The molecule has 0 spiro atoms. The topological polar surface area (TPSA) is 63.3 Å². The molecular formula is C18H20ClF2NO2. The van der Waals surface area contributed by atoms with Crippen LogP contribution in [0.1, 0.15) is 34.7 Å². The van der Waals surface area contributed by atoms with Crippen molar-refractivity contribution in [3.63, 3.8) is 0 Å². The molecule has 3 N–H and O–H groups in total. The van der Waals surface area contributed by atoms with Crippen molar-refractivity contribution in [2.75, 3.05) is 0 Å². The van der Waals surface area contributed by atoms with Gasteiger partial charge in [0.05, 0.1) is 6.42 Å². The standard InChI is InChI=1S/C18H19F2NO2.ClH/c1-9-5-13(19)6-10(2)17(9)12-4-11(3)18(20)14(7-12)15(21)8-16(22)23;/h4-7,15H,8,21H2,1-3H3,(H,22,23);1H. The van der Waals surface area contributed by atoms with Gasteiger partial charge in [-0.25, -0.2) is 8.78 Å². The molecule has 0 amide bonds. The predicted molar refractivity (Wildman–Crippen MR) is 92.4 cm³/mol. The van der Waals surface area contributed by atoms with Gasteiger partial charge in [0, 0.05) is 11.6 Å². The maximum atomic E-state index is 14.3. The van der Waals surface area contributed by atoms with Gasteiger partial charge in [0.2, 0.25) is 0 Å². The van der Waals surface area contributed by atoms with E-state index in [4.69, 9.17) is 10.8 Å². The summed E-state index contributed by atoms with van der Waals surface area (Å²) < 4.78 is 27.8. The molecule has 130 valence electrons. The lowest BCUT2D eigenvalue weighted by atomic mass is 9.91. The van der Waals surface area contributed by atoms with Crippen LogP contribution in [0.4, 0.5) is 8.78 Å². The van der Waals surface area contributed by atoms with E-state index < -0.39 is 17.8 Å². The Morgan fingerprint density at radius 1 is 1.08 bits per heavy atom. The van der Waals surface area contributed by atoms with Crippen LogP contribution in [-0.4, -0.2) is 11.1 Å². The molecule has 0 aliphatic heterocycles. The van der Waals surface area contributed by atoms with Crippen molar-refractivity contribution >= 4 is 18.4 Å². The average Bonchev–Trinajstić information content (AvgIpc) is 2.40. The Morgan fingerprint density at radius 3 is 2.12 bits per heavy atom. The first-order chi connectivity index (χ1) is 10.7. The first kappa shape index (κ1) is 20.1. The highest BCUT2D eigenvalue weighted by molar-refractivity contribution is 5.85. The number of halogens is 3. The van der Waals surface area contributed by atoms with Gasteiger partial charge in [-0.2, -0.15) is 0 Å². The molecule has 3 nitrogen and oxygen atoms in total. The number of aliphatic carboxylic acids is 1. The average molecular weight is 356 g/mol. The van der Waals surface area contributed by atoms with E-state index in [1.54, 1.807) is 32.9 Å². The Labute approximate surface area is 145 Å². The van der Waals surface area contributed by atoms with Gasteiger partial charge in [-0.05, 0) is 72.9 Å². The van der Waals surface area contributed by atoms with E-state index in [0.29, 0.717) is 11.1 Å². The highest BCUT2D eigenvalue weighted by atomic mass is 35.5. The molecule has 0 radical (unpaired) electrons. The van der Waals surface area contributed by atoms with Gasteiger partial charge >= 0.3 is 5.97 Å². The number of carboxylic acids is 1. The molecular weight excluding hydrogens is 336 g/mol. The molecule has 2 aromatic rings. The Bertz CT molecular complexity index is 755. The highest BCUT2D eigenvalue weighted by Gasteiger charge is 2.19. The van der Waals surface area contributed by atoms with E-state index in [1.807, 2.05) is 0 Å². The third-order valence-corrected chi connectivity index (χ3v) is 3.86. The first-order valence-corrected chi connectivity index (χ1v) is 7.25. The zero-order valence-electron chi connectivity index (χ0n) is 13.7. The van der Waals surface area contributed by atoms with E-state index >= 15 is 0 Å². The van der Waals surface area contributed by atoms with Crippen molar-refractivity contribution in [1.82, 2.24) is 0 Å². The van der Waals surface area contributed by atoms with Crippen LogP contribution in [0, 0.1) is 32.4 Å². The van der Waals surface area contributed by atoms with Gasteiger partial charge in [-0.3, -0.25) is 4.79 Å². The summed E-state index contributed by atoms with van der Waals surface area (Å²) in [5.74, 6) is -1.92. The fraction of sp³-hybridized carbons (Fsp3) is 0.278. The molecule has 0 bridgehead atoms. The third-order valence-electron chi connectivity index (χ3n) is 3.86. The lowest BCUT2D eigenvalue weighted by molar-refractivity contribution is -0.137. The summed E-state index contributed by atoms with van der Waals surface area (Å²) in [5.41, 5.74) is 9.33. The van der Waals surface area contributed by atoms with Crippen LogP contribution in [0.2, 0.25) is 0 Å². The van der Waals surface area contributed by atoms with Gasteiger partial charge in [0.25, 0.3) is 0 Å². The van der Waals surface area contributed by atoms with Crippen LogP contribution < -0.4 is 5.73 Å². The number of rotatable bonds is 4. The van der Waals surface area contributed by atoms with Gasteiger partial charge < -0.3 is 10.8 Å². The van der Waals surface area contributed by atoms with E-state index in [-0.39, 0.29) is 30.2 Å². The second kappa shape index (κ2) is 7.73. The summed E-state index contributed by atoms with van der Waals surface area (Å²) in [4.78, 5) is 10.8. The fourth-order valence-electron chi connectivity index (χ4n) is 2.88. The minimum atomic E-state index is -1.09. The summed E-state index contributed by atoms with van der Waals surface area (Å²) in [6.07, 6.45) is -0.360. The second-order valence-corrected chi connectivity index (χ2v) is 5.82. The zero-order valence-corrected chi connectivity index (χ0v) is 14.5. The summed E-state index contributed by atoms with van der Waals surface area (Å²) in [6.45, 7) is 5.16. The van der Waals surface area contributed by atoms with E-state index in [9.17, 15) is 13.6 Å².